The number of likely N-dealkylation sites (tertiary alicyclic amines) is 1. The second-order valence-electron chi connectivity index (χ2n) is 3.75. The van der Waals surface area contributed by atoms with E-state index in [2.05, 4.69) is 4.98 Å². The molecular formula is C11H14N2O2S. The fourth-order valence-electron chi connectivity index (χ4n) is 1.81. The van der Waals surface area contributed by atoms with E-state index in [1.807, 2.05) is 6.26 Å². The van der Waals surface area contributed by atoms with Crippen molar-refractivity contribution in [3.05, 3.63) is 23.9 Å². The van der Waals surface area contributed by atoms with E-state index in [4.69, 9.17) is 0 Å². The number of aliphatic hydroxyl groups excluding tert-OH is 1. The van der Waals surface area contributed by atoms with Crippen LogP contribution < -0.4 is 0 Å². The summed E-state index contributed by atoms with van der Waals surface area (Å²) < 4.78 is 0. The minimum absolute atomic E-state index is 0.0333. The van der Waals surface area contributed by atoms with Crippen LogP contribution in [0.25, 0.3) is 0 Å². The van der Waals surface area contributed by atoms with E-state index in [1.54, 1.807) is 23.2 Å². The molecule has 86 valence electrons. The van der Waals surface area contributed by atoms with Crippen LogP contribution >= 0.6 is 11.8 Å². The number of hydrogen-bond donors (Lipinski definition) is 1. The maximum atomic E-state index is 12.1. The number of hydrogen-bond acceptors (Lipinski definition) is 4. The molecule has 0 spiro atoms. The predicted molar refractivity (Wildman–Crippen MR) is 62.5 cm³/mol. The summed E-state index contributed by atoms with van der Waals surface area (Å²) in [7, 11) is 0. The molecule has 0 saturated carbocycles. The summed E-state index contributed by atoms with van der Waals surface area (Å²) in [6.45, 7) is 1.06. The Kier molecular flexibility index (Phi) is 3.46. The van der Waals surface area contributed by atoms with Gasteiger partial charge in [0.25, 0.3) is 5.91 Å². The molecule has 5 heteroatoms. The highest BCUT2D eigenvalue weighted by Crippen LogP contribution is 2.20. The summed E-state index contributed by atoms with van der Waals surface area (Å²) in [5, 5.41) is 10.2. The van der Waals surface area contributed by atoms with E-state index >= 15 is 0 Å². The number of β-amino-alcohol motifs (C(OH)–C–C–N with tert-alkyl or cyclic N) is 1. The third-order valence-corrected chi connectivity index (χ3v) is 3.36. The fourth-order valence-corrected chi connectivity index (χ4v) is 2.35. The molecule has 4 nitrogen and oxygen atoms in total. The van der Waals surface area contributed by atoms with E-state index in [0.717, 1.165) is 5.03 Å². The number of carbonyl (C=O) groups excluding carboxylic acids is 1. The molecule has 1 N–H and O–H groups in total. The topological polar surface area (TPSA) is 53.4 Å². The maximum absolute atomic E-state index is 12.1. The van der Waals surface area contributed by atoms with Crippen LogP contribution in [0.1, 0.15) is 16.8 Å². The van der Waals surface area contributed by atoms with Gasteiger partial charge in [-0.05, 0) is 24.8 Å². The van der Waals surface area contributed by atoms with Crippen LogP contribution in [-0.2, 0) is 0 Å². The van der Waals surface area contributed by atoms with Gasteiger partial charge in [0.1, 0.15) is 5.03 Å². The lowest BCUT2D eigenvalue weighted by Gasteiger charge is -2.16. The van der Waals surface area contributed by atoms with E-state index < -0.39 is 0 Å². The van der Waals surface area contributed by atoms with Crippen molar-refractivity contribution in [1.29, 1.82) is 0 Å². The molecule has 0 unspecified atom stereocenters. The second kappa shape index (κ2) is 4.84. The SMILES string of the molecule is CSc1ncccc1C(=O)N1CC[C@H](O)C1. The number of carbonyl (C=O) groups is 1. The second-order valence-corrected chi connectivity index (χ2v) is 4.55. The van der Waals surface area contributed by atoms with Gasteiger partial charge in [0.2, 0.25) is 0 Å². The molecular weight excluding hydrogens is 224 g/mol. The van der Waals surface area contributed by atoms with Crippen molar-refractivity contribution in [3.8, 4) is 0 Å². The highest BCUT2D eigenvalue weighted by molar-refractivity contribution is 7.98. The molecule has 2 rings (SSSR count). The Balaban J connectivity index is 2.20. The summed E-state index contributed by atoms with van der Waals surface area (Å²) in [6, 6.07) is 3.55. The number of aliphatic hydroxyl groups is 1. The standard InChI is InChI=1S/C11H14N2O2S/c1-16-10-9(3-2-5-12-10)11(15)13-6-4-8(14)7-13/h2-3,5,8,14H,4,6-7H2,1H3/t8-/m0/s1. The molecule has 1 aromatic heterocycles. The molecule has 1 aliphatic heterocycles. The van der Waals surface area contributed by atoms with Crippen LogP contribution in [0.2, 0.25) is 0 Å². The number of thioether (sulfide) groups is 1. The first-order chi connectivity index (χ1) is 7.72. The predicted octanol–water partition coefficient (Wildman–Crippen LogP) is 1.01. The van der Waals surface area contributed by atoms with Gasteiger partial charge < -0.3 is 10.0 Å². The molecule has 16 heavy (non-hydrogen) atoms. The van der Waals surface area contributed by atoms with Crippen molar-refractivity contribution in [2.75, 3.05) is 19.3 Å². The van der Waals surface area contributed by atoms with Gasteiger partial charge in [-0.15, -0.1) is 11.8 Å². The summed E-state index contributed by atoms with van der Waals surface area (Å²) in [5.41, 5.74) is 0.629. The monoisotopic (exact) mass is 238 g/mol. The van der Waals surface area contributed by atoms with Crippen LogP contribution in [0.15, 0.2) is 23.4 Å². The molecule has 1 amide bonds. The number of pyridine rings is 1. The molecule has 0 bridgehead atoms. The van der Waals surface area contributed by atoms with Gasteiger partial charge in [0.05, 0.1) is 11.7 Å². The van der Waals surface area contributed by atoms with E-state index in [9.17, 15) is 9.90 Å². The molecule has 0 radical (unpaired) electrons. The zero-order valence-corrected chi connectivity index (χ0v) is 9.91. The van der Waals surface area contributed by atoms with E-state index in [0.29, 0.717) is 25.1 Å². The van der Waals surface area contributed by atoms with Gasteiger partial charge in [-0.1, -0.05) is 0 Å². The van der Waals surface area contributed by atoms with Crippen molar-refractivity contribution < 1.29 is 9.90 Å². The first-order valence-corrected chi connectivity index (χ1v) is 6.41. The maximum Gasteiger partial charge on any atom is 0.256 e. The average Bonchev–Trinajstić information content (AvgIpc) is 2.75. The number of aromatic nitrogens is 1. The molecule has 1 aliphatic rings. The average molecular weight is 238 g/mol. The minimum Gasteiger partial charge on any atom is -0.391 e. The van der Waals surface area contributed by atoms with Crippen molar-refractivity contribution >= 4 is 17.7 Å². The van der Waals surface area contributed by atoms with E-state index in [1.165, 1.54) is 11.8 Å². The van der Waals surface area contributed by atoms with Crippen LogP contribution in [0, 0.1) is 0 Å². The first kappa shape index (κ1) is 11.4. The highest BCUT2D eigenvalue weighted by Gasteiger charge is 2.26. The van der Waals surface area contributed by atoms with Crippen molar-refractivity contribution in [2.45, 2.75) is 17.6 Å². The summed E-state index contributed by atoms with van der Waals surface area (Å²) in [4.78, 5) is 18.0. The third-order valence-electron chi connectivity index (χ3n) is 2.65. The molecule has 0 aromatic carbocycles. The lowest BCUT2D eigenvalue weighted by atomic mass is 10.2. The highest BCUT2D eigenvalue weighted by atomic mass is 32.2. The molecule has 1 aromatic rings. The van der Waals surface area contributed by atoms with Crippen LogP contribution in [0.3, 0.4) is 0 Å². The Morgan fingerprint density at radius 1 is 1.69 bits per heavy atom. The number of amides is 1. The Morgan fingerprint density at radius 2 is 2.50 bits per heavy atom. The molecule has 1 fully saturated rings. The lowest BCUT2D eigenvalue weighted by Crippen LogP contribution is -2.30. The van der Waals surface area contributed by atoms with Gasteiger partial charge in [-0.3, -0.25) is 4.79 Å². The number of rotatable bonds is 2. The normalized spacial score (nSPS) is 20.1. The fraction of sp³-hybridized carbons (Fsp3) is 0.455. The van der Waals surface area contributed by atoms with Crippen LogP contribution in [0.5, 0.6) is 0 Å². The van der Waals surface area contributed by atoms with Crippen LogP contribution in [-0.4, -0.2) is 46.3 Å². The zero-order valence-electron chi connectivity index (χ0n) is 9.09. The van der Waals surface area contributed by atoms with Gasteiger partial charge in [-0.25, -0.2) is 4.98 Å². The van der Waals surface area contributed by atoms with Gasteiger partial charge in [0, 0.05) is 19.3 Å². The van der Waals surface area contributed by atoms with Gasteiger partial charge >= 0.3 is 0 Å². The number of nitrogens with zero attached hydrogens (tertiary/aromatic N) is 2. The van der Waals surface area contributed by atoms with Crippen molar-refractivity contribution in [3.63, 3.8) is 0 Å². The van der Waals surface area contributed by atoms with Crippen molar-refractivity contribution in [2.24, 2.45) is 0 Å². The Morgan fingerprint density at radius 3 is 3.12 bits per heavy atom. The van der Waals surface area contributed by atoms with E-state index in [-0.39, 0.29) is 12.0 Å². The van der Waals surface area contributed by atoms with Gasteiger partial charge in [-0.2, -0.15) is 0 Å². The Bertz CT molecular complexity index is 397. The zero-order chi connectivity index (χ0) is 11.5. The molecule has 1 saturated heterocycles. The molecule has 0 aliphatic carbocycles. The lowest BCUT2D eigenvalue weighted by molar-refractivity contribution is 0.0761. The Hall–Kier alpha value is -1.07. The van der Waals surface area contributed by atoms with Crippen molar-refractivity contribution in [1.82, 2.24) is 9.88 Å². The minimum atomic E-state index is -0.377. The first-order valence-electron chi connectivity index (χ1n) is 5.18. The summed E-state index contributed by atoms with van der Waals surface area (Å²) in [5.74, 6) is -0.0333. The Labute approximate surface area is 98.7 Å². The summed E-state index contributed by atoms with van der Waals surface area (Å²) in [6.07, 6.45) is 3.87. The largest absolute Gasteiger partial charge is 0.391 e. The molecule has 2 heterocycles. The van der Waals surface area contributed by atoms with Gasteiger partial charge in [0.15, 0.2) is 0 Å². The molecule has 1 atom stereocenters. The third kappa shape index (κ3) is 2.20. The summed E-state index contributed by atoms with van der Waals surface area (Å²) >= 11 is 1.46. The quantitative estimate of drug-likeness (QED) is 0.781. The van der Waals surface area contributed by atoms with Crippen LogP contribution in [0.4, 0.5) is 0 Å². The smallest absolute Gasteiger partial charge is 0.256 e.